The van der Waals surface area contributed by atoms with Gasteiger partial charge in [-0.3, -0.25) is 0 Å². The molecule has 0 bridgehead atoms. The lowest BCUT2D eigenvalue weighted by Crippen LogP contribution is -2.48. The zero-order valence-electron chi connectivity index (χ0n) is 11.7. The molecule has 0 aromatic carbocycles. The molecule has 0 aromatic heterocycles. The van der Waals surface area contributed by atoms with Crippen molar-refractivity contribution in [2.75, 3.05) is 13.1 Å². The fraction of sp³-hybridized carbons (Fsp3) is 0.857. The first-order valence-corrected chi connectivity index (χ1v) is 7.28. The first kappa shape index (κ1) is 14.2. The minimum Gasteiger partial charge on any atom is -0.480 e. The summed E-state index contributed by atoms with van der Waals surface area (Å²) >= 11 is 0. The molecule has 108 valence electrons. The largest absolute Gasteiger partial charge is 0.480 e. The predicted molar refractivity (Wildman–Crippen MR) is 72.0 cm³/mol. The summed E-state index contributed by atoms with van der Waals surface area (Å²) in [4.78, 5) is 25.1. The van der Waals surface area contributed by atoms with Crippen LogP contribution in [0.3, 0.4) is 0 Å². The minimum atomic E-state index is -0.916. The molecule has 1 saturated heterocycles. The van der Waals surface area contributed by atoms with Gasteiger partial charge >= 0.3 is 12.0 Å². The first-order valence-electron chi connectivity index (χ1n) is 7.28. The van der Waals surface area contributed by atoms with Crippen molar-refractivity contribution < 1.29 is 14.7 Å². The average Bonchev–Trinajstić information content (AvgIpc) is 2.99. The van der Waals surface area contributed by atoms with Gasteiger partial charge in [0.1, 0.15) is 6.04 Å². The number of amides is 2. The molecular weight excluding hydrogens is 244 g/mol. The molecule has 19 heavy (non-hydrogen) atoms. The average molecular weight is 268 g/mol. The summed E-state index contributed by atoms with van der Waals surface area (Å²) in [7, 11) is 0. The van der Waals surface area contributed by atoms with Gasteiger partial charge in [0.15, 0.2) is 0 Å². The molecular formula is C14H24N2O3. The van der Waals surface area contributed by atoms with Gasteiger partial charge in [-0.15, -0.1) is 0 Å². The Morgan fingerprint density at radius 2 is 1.79 bits per heavy atom. The van der Waals surface area contributed by atoms with Gasteiger partial charge in [0, 0.05) is 13.1 Å². The van der Waals surface area contributed by atoms with Crippen LogP contribution in [0.2, 0.25) is 0 Å². The zero-order chi connectivity index (χ0) is 13.9. The molecule has 1 atom stereocenters. The van der Waals surface area contributed by atoms with E-state index in [0.29, 0.717) is 6.42 Å². The monoisotopic (exact) mass is 268 g/mol. The molecule has 5 heteroatoms. The minimum absolute atomic E-state index is 0.0708. The number of rotatable bonds is 4. The van der Waals surface area contributed by atoms with Crippen LogP contribution in [-0.4, -0.2) is 41.1 Å². The van der Waals surface area contributed by atoms with Gasteiger partial charge < -0.3 is 15.3 Å². The number of carbonyl (C=O) groups is 2. The maximum Gasteiger partial charge on any atom is 0.326 e. The highest BCUT2D eigenvalue weighted by molar-refractivity contribution is 5.82. The Labute approximate surface area is 114 Å². The number of likely N-dealkylation sites (tertiary alicyclic amines) is 1. The van der Waals surface area contributed by atoms with Gasteiger partial charge in [-0.05, 0) is 37.5 Å². The van der Waals surface area contributed by atoms with E-state index in [4.69, 9.17) is 0 Å². The highest BCUT2D eigenvalue weighted by Crippen LogP contribution is 2.41. The molecule has 2 N–H and O–H groups in total. The summed E-state index contributed by atoms with van der Waals surface area (Å²) in [5, 5.41) is 12.0. The molecule has 2 amide bonds. The van der Waals surface area contributed by atoms with Crippen molar-refractivity contribution in [3.05, 3.63) is 0 Å². The van der Waals surface area contributed by atoms with E-state index < -0.39 is 12.0 Å². The van der Waals surface area contributed by atoms with Crippen LogP contribution in [0.5, 0.6) is 0 Å². The maximum atomic E-state index is 12.0. The van der Waals surface area contributed by atoms with E-state index in [-0.39, 0.29) is 11.4 Å². The topological polar surface area (TPSA) is 69.6 Å². The van der Waals surface area contributed by atoms with Crippen LogP contribution in [0.15, 0.2) is 0 Å². The Bertz CT molecular complexity index is 345. The van der Waals surface area contributed by atoms with Crippen LogP contribution in [-0.2, 0) is 4.79 Å². The summed E-state index contributed by atoms with van der Waals surface area (Å²) in [6, 6.07) is -0.970. The SMILES string of the molecule is CC1(CC(NC(=O)N2CCCC2)C(=O)O)CCCC1. The van der Waals surface area contributed by atoms with E-state index in [2.05, 4.69) is 12.2 Å². The Kier molecular flexibility index (Phi) is 4.32. The van der Waals surface area contributed by atoms with E-state index in [0.717, 1.165) is 38.8 Å². The fourth-order valence-corrected chi connectivity index (χ4v) is 3.29. The second-order valence-electron chi connectivity index (χ2n) is 6.26. The summed E-state index contributed by atoms with van der Waals surface area (Å²) in [5.41, 5.74) is 0.0708. The van der Waals surface area contributed by atoms with Crippen LogP contribution in [0, 0.1) is 5.41 Å². The number of carboxylic acids is 1. The van der Waals surface area contributed by atoms with Gasteiger partial charge in [-0.1, -0.05) is 19.8 Å². The normalized spacial score (nSPS) is 23.3. The van der Waals surface area contributed by atoms with Crippen molar-refractivity contribution in [2.45, 2.75) is 57.9 Å². The Morgan fingerprint density at radius 3 is 2.32 bits per heavy atom. The van der Waals surface area contributed by atoms with Crippen LogP contribution in [0.4, 0.5) is 4.79 Å². The molecule has 2 fully saturated rings. The van der Waals surface area contributed by atoms with Crippen molar-refractivity contribution in [3.8, 4) is 0 Å². The number of aliphatic carboxylic acids is 1. The van der Waals surface area contributed by atoms with Crippen LogP contribution in [0.1, 0.15) is 51.9 Å². The standard InChI is InChI=1S/C14H24N2O3/c1-14(6-2-3-7-14)10-11(12(17)18)15-13(19)16-8-4-5-9-16/h11H,2-10H2,1H3,(H,15,19)(H,17,18). The molecule has 1 saturated carbocycles. The van der Waals surface area contributed by atoms with E-state index in [9.17, 15) is 14.7 Å². The van der Waals surface area contributed by atoms with Crippen LogP contribution < -0.4 is 5.32 Å². The number of hydrogen-bond donors (Lipinski definition) is 2. The molecule has 0 radical (unpaired) electrons. The third-order valence-electron chi connectivity index (χ3n) is 4.50. The Hall–Kier alpha value is -1.26. The fourth-order valence-electron chi connectivity index (χ4n) is 3.29. The zero-order valence-corrected chi connectivity index (χ0v) is 11.7. The molecule has 1 heterocycles. The molecule has 2 rings (SSSR count). The van der Waals surface area contributed by atoms with E-state index in [1.165, 1.54) is 12.8 Å². The summed E-state index contributed by atoms with van der Waals surface area (Å²) in [6.45, 7) is 3.63. The van der Waals surface area contributed by atoms with Gasteiger partial charge in [-0.2, -0.15) is 0 Å². The number of urea groups is 1. The second kappa shape index (κ2) is 5.80. The van der Waals surface area contributed by atoms with Crippen molar-refractivity contribution >= 4 is 12.0 Å². The molecule has 1 aliphatic heterocycles. The van der Waals surface area contributed by atoms with E-state index in [1.54, 1.807) is 4.90 Å². The molecule has 1 aliphatic carbocycles. The number of carboxylic acid groups (broad SMARTS) is 1. The lowest BCUT2D eigenvalue weighted by atomic mass is 9.82. The lowest BCUT2D eigenvalue weighted by molar-refractivity contribution is -0.140. The highest BCUT2D eigenvalue weighted by atomic mass is 16.4. The number of hydrogen-bond acceptors (Lipinski definition) is 2. The van der Waals surface area contributed by atoms with Crippen molar-refractivity contribution in [1.29, 1.82) is 0 Å². The van der Waals surface area contributed by atoms with E-state index in [1.807, 2.05) is 0 Å². The molecule has 0 aromatic rings. The van der Waals surface area contributed by atoms with Crippen molar-refractivity contribution in [1.82, 2.24) is 10.2 Å². The third kappa shape index (κ3) is 3.61. The van der Waals surface area contributed by atoms with Crippen LogP contribution >= 0.6 is 0 Å². The third-order valence-corrected chi connectivity index (χ3v) is 4.50. The maximum absolute atomic E-state index is 12.0. The number of nitrogens with zero attached hydrogens (tertiary/aromatic N) is 1. The first-order chi connectivity index (χ1) is 9.00. The lowest BCUT2D eigenvalue weighted by Gasteiger charge is -2.28. The van der Waals surface area contributed by atoms with E-state index >= 15 is 0 Å². The summed E-state index contributed by atoms with van der Waals surface area (Å²) in [5.74, 6) is -0.916. The quantitative estimate of drug-likeness (QED) is 0.821. The van der Waals surface area contributed by atoms with Crippen LogP contribution in [0.25, 0.3) is 0 Å². The van der Waals surface area contributed by atoms with Gasteiger partial charge in [0.05, 0.1) is 0 Å². The predicted octanol–water partition coefficient (Wildman–Crippen LogP) is 2.22. The number of nitrogens with one attached hydrogen (secondary N) is 1. The Morgan fingerprint density at radius 1 is 1.21 bits per heavy atom. The van der Waals surface area contributed by atoms with Gasteiger partial charge in [0.25, 0.3) is 0 Å². The molecule has 0 spiro atoms. The highest BCUT2D eigenvalue weighted by Gasteiger charge is 2.35. The smallest absolute Gasteiger partial charge is 0.326 e. The van der Waals surface area contributed by atoms with Crippen molar-refractivity contribution in [2.24, 2.45) is 5.41 Å². The van der Waals surface area contributed by atoms with Gasteiger partial charge in [0.2, 0.25) is 0 Å². The Balaban J connectivity index is 1.92. The summed E-state index contributed by atoms with van der Waals surface area (Å²) < 4.78 is 0. The number of carbonyl (C=O) groups excluding carboxylic acids is 1. The molecule has 5 nitrogen and oxygen atoms in total. The molecule has 2 aliphatic rings. The summed E-state index contributed by atoms with van der Waals surface area (Å²) in [6.07, 6.45) is 7.05. The molecule has 1 unspecified atom stereocenters. The van der Waals surface area contributed by atoms with Crippen molar-refractivity contribution in [3.63, 3.8) is 0 Å². The van der Waals surface area contributed by atoms with Gasteiger partial charge in [-0.25, -0.2) is 9.59 Å². The second-order valence-corrected chi connectivity index (χ2v) is 6.26.